The molecule has 5 heteroatoms. The number of para-hydroxylation sites is 2. The lowest BCUT2D eigenvalue weighted by Crippen LogP contribution is -1.94. The topological polar surface area (TPSA) is 30.2 Å². The summed E-state index contributed by atoms with van der Waals surface area (Å²) in [6, 6.07) is 15.6. The number of aromatic nitrogens is 2. The fourth-order valence-corrected chi connectivity index (χ4v) is 2.90. The van der Waals surface area contributed by atoms with Gasteiger partial charge in [0.1, 0.15) is 0 Å². The lowest BCUT2D eigenvalue weighted by atomic mass is 10.2. The molecule has 0 aliphatic rings. The van der Waals surface area contributed by atoms with Gasteiger partial charge in [0, 0.05) is 10.6 Å². The second-order valence-electron chi connectivity index (χ2n) is 4.39. The molecule has 3 nitrogen and oxygen atoms in total. The van der Waals surface area contributed by atoms with Crippen molar-refractivity contribution >= 4 is 40.6 Å². The Morgan fingerprint density at radius 2 is 1.95 bits per heavy atom. The van der Waals surface area contributed by atoms with E-state index in [-0.39, 0.29) is 0 Å². The molecule has 1 aromatic heterocycles. The molecule has 0 amide bonds. The van der Waals surface area contributed by atoms with E-state index in [1.165, 1.54) is 0 Å². The summed E-state index contributed by atoms with van der Waals surface area (Å²) in [5.41, 5.74) is 2.84. The molecule has 0 aliphatic carbocycles. The van der Waals surface area contributed by atoms with Gasteiger partial charge in [-0.15, -0.1) is 0 Å². The SMILES string of the molecule is CCSc1nc2ccccc2n1N=Cc1ccccc1Cl. The Hall–Kier alpha value is -1.78. The molecule has 21 heavy (non-hydrogen) atoms. The molecule has 0 fully saturated rings. The molecule has 0 saturated carbocycles. The Morgan fingerprint density at radius 1 is 1.19 bits per heavy atom. The minimum absolute atomic E-state index is 0.690. The Kier molecular flexibility index (Phi) is 4.27. The molecular formula is C16H14ClN3S. The van der Waals surface area contributed by atoms with Crippen LogP contribution in [0.4, 0.5) is 0 Å². The molecule has 0 N–H and O–H groups in total. The van der Waals surface area contributed by atoms with Crippen LogP contribution >= 0.6 is 23.4 Å². The van der Waals surface area contributed by atoms with E-state index in [2.05, 4.69) is 17.0 Å². The second kappa shape index (κ2) is 6.33. The van der Waals surface area contributed by atoms with E-state index in [1.54, 1.807) is 18.0 Å². The van der Waals surface area contributed by atoms with E-state index in [4.69, 9.17) is 11.6 Å². The fraction of sp³-hybridized carbons (Fsp3) is 0.125. The van der Waals surface area contributed by atoms with Crippen LogP contribution in [0.3, 0.4) is 0 Å². The minimum Gasteiger partial charge on any atom is -0.221 e. The molecule has 106 valence electrons. The Morgan fingerprint density at radius 3 is 2.76 bits per heavy atom. The van der Waals surface area contributed by atoms with E-state index in [0.29, 0.717) is 5.02 Å². The molecule has 0 spiro atoms. The quantitative estimate of drug-likeness (QED) is 0.516. The number of hydrogen-bond acceptors (Lipinski definition) is 3. The summed E-state index contributed by atoms with van der Waals surface area (Å²) in [6.07, 6.45) is 1.77. The lowest BCUT2D eigenvalue weighted by molar-refractivity contribution is 0.793. The highest BCUT2D eigenvalue weighted by Crippen LogP contribution is 2.24. The smallest absolute Gasteiger partial charge is 0.189 e. The van der Waals surface area contributed by atoms with Gasteiger partial charge in [-0.25, -0.2) is 9.66 Å². The molecule has 0 unspecified atom stereocenters. The maximum Gasteiger partial charge on any atom is 0.189 e. The highest BCUT2D eigenvalue weighted by molar-refractivity contribution is 7.99. The maximum atomic E-state index is 6.16. The number of benzene rings is 2. The van der Waals surface area contributed by atoms with Crippen LogP contribution in [0.15, 0.2) is 58.8 Å². The minimum atomic E-state index is 0.690. The van der Waals surface area contributed by atoms with Crippen LogP contribution in [0.2, 0.25) is 5.02 Å². The molecule has 0 bridgehead atoms. The summed E-state index contributed by atoms with van der Waals surface area (Å²) in [6.45, 7) is 2.10. The zero-order valence-corrected chi connectivity index (χ0v) is 13.1. The van der Waals surface area contributed by atoms with Gasteiger partial charge in [-0.3, -0.25) is 0 Å². The van der Waals surface area contributed by atoms with Crippen molar-refractivity contribution in [3.63, 3.8) is 0 Å². The van der Waals surface area contributed by atoms with Gasteiger partial charge < -0.3 is 0 Å². The average Bonchev–Trinajstić information content (AvgIpc) is 2.84. The fourth-order valence-electron chi connectivity index (χ4n) is 2.03. The summed E-state index contributed by atoms with van der Waals surface area (Å²) in [5.74, 6) is 0.949. The Labute approximate surface area is 132 Å². The van der Waals surface area contributed by atoms with Crippen molar-refractivity contribution in [3.8, 4) is 0 Å². The monoisotopic (exact) mass is 315 g/mol. The van der Waals surface area contributed by atoms with Gasteiger partial charge in [0.2, 0.25) is 0 Å². The van der Waals surface area contributed by atoms with Gasteiger partial charge in [-0.05, 0) is 24.0 Å². The van der Waals surface area contributed by atoms with Crippen LogP contribution in [-0.2, 0) is 0 Å². The molecule has 0 aliphatic heterocycles. The summed E-state index contributed by atoms with van der Waals surface area (Å²) >= 11 is 7.83. The Bertz CT molecular complexity index is 795. The highest BCUT2D eigenvalue weighted by Gasteiger charge is 2.09. The molecule has 0 saturated heterocycles. The molecule has 1 heterocycles. The summed E-state index contributed by atoms with van der Waals surface area (Å²) in [7, 11) is 0. The van der Waals surface area contributed by atoms with Crippen molar-refractivity contribution < 1.29 is 0 Å². The highest BCUT2D eigenvalue weighted by atomic mass is 35.5. The van der Waals surface area contributed by atoms with Crippen molar-refractivity contribution in [1.82, 2.24) is 9.66 Å². The van der Waals surface area contributed by atoms with Gasteiger partial charge in [0.25, 0.3) is 0 Å². The first kappa shape index (κ1) is 14.2. The number of nitrogens with zero attached hydrogens (tertiary/aromatic N) is 3. The number of halogens is 1. The van der Waals surface area contributed by atoms with E-state index in [1.807, 2.05) is 53.2 Å². The van der Waals surface area contributed by atoms with E-state index < -0.39 is 0 Å². The van der Waals surface area contributed by atoms with Crippen molar-refractivity contribution in [2.45, 2.75) is 12.1 Å². The predicted octanol–water partition coefficient (Wildman–Crippen LogP) is 4.68. The van der Waals surface area contributed by atoms with Crippen LogP contribution in [0.5, 0.6) is 0 Å². The van der Waals surface area contributed by atoms with Gasteiger partial charge >= 0.3 is 0 Å². The van der Waals surface area contributed by atoms with Gasteiger partial charge in [-0.2, -0.15) is 5.10 Å². The summed E-state index contributed by atoms with van der Waals surface area (Å²) in [4.78, 5) is 4.62. The first-order valence-corrected chi connectivity index (χ1v) is 8.05. The molecule has 3 aromatic rings. The third-order valence-corrected chi connectivity index (χ3v) is 4.15. The third kappa shape index (κ3) is 2.96. The lowest BCUT2D eigenvalue weighted by Gasteiger charge is -2.01. The first-order chi connectivity index (χ1) is 10.3. The zero-order chi connectivity index (χ0) is 14.7. The van der Waals surface area contributed by atoms with Crippen LogP contribution < -0.4 is 0 Å². The molecule has 0 atom stereocenters. The summed E-state index contributed by atoms with van der Waals surface area (Å²) in [5, 5.41) is 6.15. The molecule has 3 rings (SSSR count). The number of fused-ring (bicyclic) bond motifs is 1. The van der Waals surface area contributed by atoms with E-state index in [0.717, 1.165) is 27.5 Å². The van der Waals surface area contributed by atoms with Crippen molar-refractivity contribution in [1.29, 1.82) is 0 Å². The number of imidazole rings is 1. The first-order valence-electron chi connectivity index (χ1n) is 6.68. The molecule has 0 radical (unpaired) electrons. The number of hydrogen-bond donors (Lipinski definition) is 0. The van der Waals surface area contributed by atoms with Gasteiger partial charge in [0.05, 0.1) is 17.2 Å². The molecular weight excluding hydrogens is 302 g/mol. The number of rotatable bonds is 4. The third-order valence-electron chi connectivity index (χ3n) is 3.00. The van der Waals surface area contributed by atoms with Crippen LogP contribution in [0.1, 0.15) is 12.5 Å². The van der Waals surface area contributed by atoms with E-state index >= 15 is 0 Å². The van der Waals surface area contributed by atoms with Crippen LogP contribution in [-0.4, -0.2) is 21.6 Å². The normalized spacial score (nSPS) is 11.5. The predicted molar refractivity (Wildman–Crippen MR) is 90.6 cm³/mol. The van der Waals surface area contributed by atoms with Crippen molar-refractivity contribution in [3.05, 3.63) is 59.1 Å². The van der Waals surface area contributed by atoms with E-state index in [9.17, 15) is 0 Å². The zero-order valence-electron chi connectivity index (χ0n) is 11.5. The van der Waals surface area contributed by atoms with Crippen LogP contribution in [0.25, 0.3) is 11.0 Å². The largest absolute Gasteiger partial charge is 0.221 e. The van der Waals surface area contributed by atoms with Gasteiger partial charge in [-0.1, -0.05) is 60.6 Å². The van der Waals surface area contributed by atoms with Crippen molar-refractivity contribution in [2.24, 2.45) is 5.10 Å². The standard InChI is InChI=1S/C16H14ClN3S/c1-2-21-16-19-14-9-5-6-10-15(14)20(16)18-11-12-7-3-4-8-13(12)17/h3-11H,2H2,1H3. The summed E-state index contributed by atoms with van der Waals surface area (Å²) < 4.78 is 1.87. The Balaban J connectivity index is 2.06. The number of thioether (sulfide) groups is 1. The second-order valence-corrected chi connectivity index (χ2v) is 6.03. The van der Waals surface area contributed by atoms with Gasteiger partial charge in [0.15, 0.2) is 5.16 Å². The average molecular weight is 316 g/mol. The van der Waals surface area contributed by atoms with Crippen molar-refractivity contribution in [2.75, 3.05) is 5.75 Å². The molecule has 2 aromatic carbocycles. The van der Waals surface area contributed by atoms with Crippen LogP contribution in [0, 0.1) is 0 Å². The maximum absolute atomic E-state index is 6.16.